The van der Waals surface area contributed by atoms with Gasteiger partial charge in [-0.2, -0.15) is 0 Å². The number of nitrogens with zero attached hydrogens (tertiary/aromatic N) is 5. The third-order valence-electron chi connectivity index (χ3n) is 3.43. The maximum absolute atomic E-state index is 12.5. The van der Waals surface area contributed by atoms with Gasteiger partial charge in [0.2, 0.25) is 0 Å². The van der Waals surface area contributed by atoms with E-state index in [-0.39, 0.29) is 12.0 Å². The molecule has 8 heteroatoms. The lowest BCUT2D eigenvalue weighted by molar-refractivity contribution is -0.0244. The molecule has 0 aromatic carbocycles. The highest BCUT2D eigenvalue weighted by Gasteiger charge is 2.29. The van der Waals surface area contributed by atoms with Crippen LogP contribution < -0.4 is 4.90 Å². The van der Waals surface area contributed by atoms with Crippen LogP contribution in [0.25, 0.3) is 0 Å². The standard InChI is InChI=1S/C14H17N5O2S/c1-18(2)13-12(16-3-4-17-13)10-8-19(5-6-21-10)14(20)11-7-15-9-22-11/h3-4,7,9-10H,5-6,8H2,1-2H3. The van der Waals surface area contributed by atoms with Gasteiger partial charge in [0.15, 0.2) is 5.82 Å². The van der Waals surface area contributed by atoms with Crippen molar-refractivity contribution >= 4 is 23.1 Å². The molecule has 0 radical (unpaired) electrons. The Morgan fingerprint density at radius 2 is 2.23 bits per heavy atom. The van der Waals surface area contributed by atoms with Gasteiger partial charge in [0.25, 0.3) is 5.91 Å². The van der Waals surface area contributed by atoms with Crippen molar-refractivity contribution in [3.05, 3.63) is 34.7 Å². The second-order valence-electron chi connectivity index (χ2n) is 5.14. The van der Waals surface area contributed by atoms with Crippen molar-refractivity contribution in [3.63, 3.8) is 0 Å². The Morgan fingerprint density at radius 1 is 1.41 bits per heavy atom. The smallest absolute Gasteiger partial charge is 0.265 e. The van der Waals surface area contributed by atoms with E-state index in [9.17, 15) is 4.79 Å². The van der Waals surface area contributed by atoms with Crippen LogP contribution in [-0.4, -0.2) is 59.6 Å². The summed E-state index contributed by atoms with van der Waals surface area (Å²) in [6.45, 7) is 1.53. The molecule has 1 aliphatic rings. The van der Waals surface area contributed by atoms with Crippen LogP contribution in [0.1, 0.15) is 21.5 Å². The zero-order chi connectivity index (χ0) is 15.5. The molecular weight excluding hydrogens is 302 g/mol. The third-order valence-corrected chi connectivity index (χ3v) is 4.19. The fraction of sp³-hybridized carbons (Fsp3) is 0.429. The fourth-order valence-corrected chi connectivity index (χ4v) is 2.98. The van der Waals surface area contributed by atoms with Crippen LogP contribution in [0.5, 0.6) is 0 Å². The Labute approximate surface area is 132 Å². The maximum Gasteiger partial charge on any atom is 0.265 e. The largest absolute Gasteiger partial charge is 0.368 e. The van der Waals surface area contributed by atoms with E-state index < -0.39 is 0 Å². The molecule has 1 fully saturated rings. The number of rotatable bonds is 3. The lowest BCUT2D eigenvalue weighted by Gasteiger charge is -2.33. The molecular formula is C14H17N5O2S. The number of morpholine rings is 1. The Bertz CT molecular complexity index is 646. The van der Waals surface area contributed by atoms with Gasteiger partial charge in [0.05, 0.1) is 24.9 Å². The van der Waals surface area contributed by atoms with E-state index in [1.165, 1.54) is 11.3 Å². The van der Waals surface area contributed by atoms with Crippen LogP contribution in [0, 0.1) is 0 Å². The molecule has 0 aliphatic carbocycles. The van der Waals surface area contributed by atoms with E-state index in [1.54, 1.807) is 29.0 Å². The third kappa shape index (κ3) is 2.93. The predicted octanol–water partition coefficient (Wildman–Crippen LogP) is 1.21. The van der Waals surface area contributed by atoms with Crippen molar-refractivity contribution in [1.82, 2.24) is 19.9 Å². The molecule has 22 heavy (non-hydrogen) atoms. The van der Waals surface area contributed by atoms with Crippen LogP contribution >= 0.6 is 11.3 Å². The van der Waals surface area contributed by atoms with Crippen molar-refractivity contribution in [2.75, 3.05) is 38.7 Å². The minimum atomic E-state index is -0.267. The zero-order valence-corrected chi connectivity index (χ0v) is 13.3. The van der Waals surface area contributed by atoms with Gasteiger partial charge < -0.3 is 14.5 Å². The normalized spacial score (nSPS) is 18.3. The van der Waals surface area contributed by atoms with E-state index >= 15 is 0 Å². The summed E-state index contributed by atoms with van der Waals surface area (Å²) in [5, 5.41) is 0. The highest BCUT2D eigenvalue weighted by atomic mass is 32.1. The number of hydrogen-bond acceptors (Lipinski definition) is 7. The Hall–Kier alpha value is -2.06. The molecule has 1 unspecified atom stereocenters. The summed E-state index contributed by atoms with van der Waals surface area (Å²) in [6.07, 6.45) is 4.64. The first-order valence-corrected chi connectivity index (χ1v) is 7.82. The zero-order valence-electron chi connectivity index (χ0n) is 12.5. The molecule has 2 aromatic rings. The molecule has 3 heterocycles. The summed E-state index contributed by atoms with van der Waals surface area (Å²) in [6, 6.07) is 0. The molecule has 1 saturated heterocycles. The monoisotopic (exact) mass is 319 g/mol. The van der Waals surface area contributed by atoms with Gasteiger partial charge in [-0.05, 0) is 0 Å². The maximum atomic E-state index is 12.5. The van der Waals surface area contributed by atoms with Gasteiger partial charge in [-0.3, -0.25) is 14.8 Å². The molecule has 0 spiro atoms. The van der Waals surface area contributed by atoms with E-state index in [2.05, 4.69) is 15.0 Å². The molecule has 1 amide bonds. The first-order chi connectivity index (χ1) is 10.7. The molecule has 0 N–H and O–H groups in total. The van der Waals surface area contributed by atoms with Crippen LogP contribution in [0.3, 0.4) is 0 Å². The quantitative estimate of drug-likeness (QED) is 0.847. The van der Waals surface area contributed by atoms with Crippen LogP contribution in [0.15, 0.2) is 24.1 Å². The number of aromatic nitrogens is 3. The Balaban J connectivity index is 1.80. The summed E-state index contributed by atoms with van der Waals surface area (Å²) < 4.78 is 5.82. The van der Waals surface area contributed by atoms with Gasteiger partial charge in [0.1, 0.15) is 16.7 Å². The number of ether oxygens (including phenoxy) is 1. The summed E-state index contributed by atoms with van der Waals surface area (Å²) in [5.41, 5.74) is 2.42. The van der Waals surface area contributed by atoms with Gasteiger partial charge in [-0.15, -0.1) is 11.3 Å². The summed E-state index contributed by atoms with van der Waals surface area (Å²) in [7, 11) is 3.83. The average Bonchev–Trinajstić information content (AvgIpc) is 3.08. The van der Waals surface area contributed by atoms with E-state index in [0.717, 1.165) is 11.5 Å². The number of carbonyl (C=O) groups excluding carboxylic acids is 1. The summed E-state index contributed by atoms with van der Waals surface area (Å²) in [5.74, 6) is 0.755. The fourth-order valence-electron chi connectivity index (χ4n) is 2.39. The minimum absolute atomic E-state index is 0.00825. The summed E-state index contributed by atoms with van der Waals surface area (Å²) >= 11 is 1.35. The molecule has 1 aliphatic heterocycles. The second-order valence-corrected chi connectivity index (χ2v) is 6.02. The topological polar surface area (TPSA) is 71.5 Å². The molecule has 0 saturated carbocycles. The van der Waals surface area contributed by atoms with Crippen LogP contribution in [-0.2, 0) is 4.74 Å². The lowest BCUT2D eigenvalue weighted by atomic mass is 10.2. The second kappa shape index (κ2) is 6.37. The summed E-state index contributed by atoms with van der Waals surface area (Å²) in [4.78, 5) is 29.5. The first kappa shape index (κ1) is 14.9. The number of amides is 1. The van der Waals surface area contributed by atoms with Crippen LogP contribution in [0.4, 0.5) is 5.82 Å². The SMILES string of the molecule is CN(C)c1nccnc1C1CN(C(=O)c2cncs2)CCO1. The van der Waals surface area contributed by atoms with E-state index in [1.807, 2.05) is 19.0 Å². The molecule has 2 aromatic heterocycles. The van der Waals surface area contributed by atoms with Crippen molar-refractivity contribution in [2.45, 2.75) is 6.10 Å². The molecule has 1 atom stereocenters. The van der Waals surface area contributed by atoms with E-state index in [4.69, 9.17) is 4.74 Å². The molecule has 0 bridgehead atoms. The first-order valence-electron chi connectivity index (χ1n) is 6.94. The average molecular weight is 319 g/mol. The molecule has 7 nitrogen and oxygen atoms in total. The molecule has 116 valence electrons. The van der Waals surface area contributed by atoms with Gasteiger partial charge in [0, 0.05) is 33.0 Å². The Morgan fingerprint density at radius 3 is 2.95 bits per heavy atom. The van der Waals surface area contributed by atoms with Gasteiger partial charge >= 0.3 is 0 Å². The minimum Gasteiger partial charge on any atom is -0.368 e. The van der Waals surface area contributed by atoms with Crippen molar-refractivity contribution in [2.24, 2.45) is 0 Å². The van der Waals surface area contributed by atoms with Crippen molar-refractivity contribution in [1.29, 1.82) is 0 Å². The van der Waals surface area contributed by atoms with E-state index in [0.29, 0.717) is 24.6 Å². The predicted molar refractivity (Wildman–Crippen MR) is 83.1 cm³/mol. The number of carbonyl (C=O) groups is 1. The van der Waals surface area contributed by atoms with Crippen molar-refractivity contribution < 1.29 is 9.53 Å². The highest BCUT2D eigenvalue weighted by Crippen LogP contribution is 2.27. The van der Waals surface area contributed by atoms with Gasteiger partial charge in [-0.1, -0.05) is 0 Å². The highest BCUT2D eigenvalue weighted by molar-refractivity contribution is 7.11. The van der Waals surface area contributed by atoms with Crippen molar-refractivity contribution in [3.8, 4) is 0 Å². The number of anilines is 1. The number of hydrogen-bond donors (Lipinski definition) is 0. The van der Waals surface area contributed by atoms with Crippen LogP contribution in [0.2, 0.25) is 0 Å². The lowest BCUT2D eigenvalue weighted by Crippen LogP contribution is -2.42. The van der Waals surface area contributed by atoms with Gasteiger partial charge in [-0.25, -0.2) is 4.98 Å². The number of thiazole rings is 1. The molecule has 3 rings (SSSR count). The Kier molecular flexibility index (Phi) is 4.30.